The third kappa shape index (κ3) is 4.71. The van der Waals surface area contributed by atoms with Gasteiger partial charge in [-0.15, -0.1) is 0 Å². The maximum Gasteiger partial charge on any atom is 0.240 e. The van der Waals surface area contributed by atoms with Gasteiger partial charge in [0.25, 0.3) is 0 Å². The van der Waals surface area contributed by atoms with E-state index in [0.717, 1.165) is 24.0 Å². The Hall–Kier alpha value is -1.63. The van der Waals surface area contributed by atoms with Crippen LogP contribution in [0.15, 0.2) is 41.4 Å². The molecule has 0 spiro atoms. The number of aromatic nitrogens is 1. The van der Waals surface area contributed by atoms with E-state index in [4.69, 9.17) is 16.3 Å². The van der Waals surface area contributed by atoms with Crippen LogP contribution < -0.4 is 9.46 Å². The van der Waals surface area contributed by atoms with Crippen molar-refractivity contribution in [2.45, 2.75) is 50.2 Å². The minimum Gasteiger partial charge on any atom is -0.474 e. The summed E-state index contributed by atoms with van der Waals surface area (Å²) in [5.41, 5.74) is 1.63. The lowest BCUT2D eigenvalue weighted by molar-refractivity contribution is 0.201. The first-order valence-corrected chi connectivity index (χ1v) is 10.2. The molecule has 0 saturated heterocycles. The van der Waals surface area contributed by atoms with Crippen LogP contribution in [0.1, 0.15) is 36.8 Å². The van der Waals surface area contributed by atoms with Gasteiger partial charge in [0.05, 0.1) is 4.90 Å². The third-order valence-corrected chi connectivity index (χ3v) is 6.11. The molecule has 2 aromatic rings. The first-order chi connectivity index (χ1) is 11.9. The van der Waals surface area contributed by atoms with E-state index >= 15 is 0 Å². The van der Waals surface area contributed by atoms with Gasteiger partial charge in [-0.1, -0.05) is 17.7 Å². The highest BCUT2D eigenvalue weighted by atomic mass is 35.5. The number of rotatable bonds is 6. The summed E-state index contributed by atoms with van der Waals surface area (Å²) in [5, 5.41) is 0.430. The normalized spacial score (nSPS) is 15.4. The van der Waals surface area contributed by atoms with Crippen molar-refractivity contribution in [1.29, 1.82) is 0 Å². The largest absolute Gasteiger partial charge is 0.474 e. The summed E-state index contributed by atoms with van der Waals surface area (Å²) < 4.78 is 33.3. The molecule has 0 bridgehead atoms. The predicted molar refractivity (Wildman–Crippen MR) is 97.3 cm³/mol. The van der Waals surface area contributed by atoms with Gasteiger partial charge >= 0.3 is 0 Å². The zero-order valence-corrected chi connectivity index (χ0v) is 15.6. The second-order valence-corrected chi connectivity index (χ2v) is 8.44. The van der Waals surface area contributed by atoms with Crippen molar-refractivity contribution in [3.63, 3.8) is 0 Å². The Bertz CT molecular complexity index is 849. The minimum atomic E-state index is -3.63. The molecular weight excluding hydrogens is 360 g/mol. The SMILES string of the molecule is Cc1ccc(S(=O)(=O)NCc2ccnc(OC3CCCC3)c2)cc1Cl. The molecular formula is C18H21ClN2O3S. The topological polar surface area (TPSA) is 68.3 Å². The van der Waals surface area contributed by atoms with Crippen LogP contribution in [0, 0.1) is 6.92 Å². The van der Waals surface area contributed by atoms with Gasteiger partial charge in [0.1, 0.15) is 6.10 Å². The van der Waals surface area contributed by atoms with E-state index in [9.17, 15) is 8.42 Å². The molecule has 1 N–H and O–H groups in total. The number of hydrogen-bond acceptors (Lipinski definition) is 4. The number of pyridine rings is 1. The third-order valence-electron chi connectivity index (χ3n) is 4.31. The van der Waals surface area contributed by atoms with Crippen LogP contribution >= 0.6 is 11.6 Å². The highest BCUT2D eigenvalue weighted by molar-refractivity contribution is 7.89. The lowest BCUT2D eigenvalue weighted by Crippen LogP contribution is -2.23. The number of hydrogen-bond donors (Lipinski definition) is 1. The van der Waals surface area contributed by atoms with Gasteiger partial charge in [-0.05, 0) is 61.9 Å². The molecule has 134 valence electrons. The van der Waals surface area contributed by atoms with E-state index in [-0.39, 0.29) is 17.5 Å². The molecule has 3 rings (SSSR count). The van der Waals surface area contributed by atoms with Crippen LogP contribution in [0.3, 0.4) is 0 Å². The first kappa shape index (κ1) is 18.2. The Balaban J connectivity index is 1.66. The molecule has 1 aliphatic carbocycles. The molecule has 25 heavy (non-hydrogen) atoms. The van der Waals surface area contributed by atoms with Crippen molar-refractivity contribution in [3.8, 4) is 5.88 Å². The van der Waals surface area contributed by atoms with Crippen LogP contribution in [0.4, 0.5) is 0 Å². The predicted octanol–water partition coefficient (Wildman–Crippen LogP) is 3.84. The minimum absolute atomic E-state index is 0.152. The van der Waals surface area contributed by atoms with Crippen LogP contribution in [0.5, 0.6) is 5.88 Å². The fraction of sp³-hybridized carbons (Fsp3) is 0.389. The molecule has 1 saturated carbocycles. The number of halogens is 1. The van der Waals surface area contributed by atoms with Crippen LogP contribution in [-0.4, -0.2) is 19.5 Å². The summed E-state index contributed by atoms with van der Waals surface area (Å²) in [4.78, 5) is 4.36. The Labute approximate surface area is 153 Å². The molecule has 5 nitrogen and oxygen atoms in total. The molecule has 1 aromatic heterocycles. The summed E-state index contributed by atoms with van der Waals surface area (Å²) >= 11 is 6.02. The van der Waals surface area contributed by atoms with Gasteiger partial charge in [-0.3, -0.25) is 0 Å². The summed E-state index contributed by atoms with van der Waals surface area (Å²) in [6, 6.07) is 8.25. The van der Waals surface area contributed by atoms with E-state index in [1.54, 1.807) is 30.5 Å². The fourth-order valence-electron chi connectivity index (χ4n) is 2.80. The van der Waals surface area contributed by atoms with E-state index in [1.165, 1.54) is 18.9 Å². The van der Waals surface area contributed by atoms with Gasteiger partial charge in [0, 0.05) is 23.8 Å². The van der Waals surface area contributed by atoms with Crippen LogP contribution in [-0.2, 0) is 16.6 Å². The van der Waals surface area contributed by atoms with E-state index in [2.05, 4.69) is 9.71 Å². The molecule has 1 aromatic carbocycles. The maximum atomic E-state index is 12.4. The van der Waals surface area contributed by atoms with Gasteiger partial charge in [0.2, 0.25) is 15.9 Å². The van der Waals surface area contributed by atoms with Crippen molar-refractivity contribution in [1.82, 2.24) is 9.71 Å². The van der Waals surface area contributed by atoms with Gasteiger partial charge in [-0.2, -0.15) is 0 Å². The van der Waals surface area contributed by atoms with Gasteiger partial charge in [0.15, 0.2) is 0 Å². The smallest absolute Gasteiger partial charge is 0.240 e. The second kappa shape index (κ2) is 7.72. The highest BCUT2D eigenvalue weighted by Gasteiger charge is 2.18. The number of nitrogens with one attached hydrogen (secondary N) is 1. The molecule has 0 radical (unpaired) electrons. The summed E-state index contributed by atoms with van der Waals surface area (Å²) in [6.45, 7) is 1.99. The second-order valence-electron chi connectivity index (χ2n) is 6.26. The lowest BCUT2D eigenvalue weighted by Gasteiger charge is -2.13. The zero-order chi connectivity index (χ0) is 17.9. The van der Waals surface area contributed by atoms with Crippen LogP contribution in [0.25, 0.3) is 0 Å². The molecule has 1 heterocycles. The summed E-state index contributed by atoms with van der Waals surface area (Å²) in [6.07, 6.45) is 6.32. The van der Waals surface area contributed by atoms with Crippen molar-refractivity contribution < 1.29 is 13.2 Å². The number of aryl methyl sites for hydroxylation is 1. The Morgan fingerprint density at radius 3 is 2.72 bits per heavy atom. The Kier molecular flexibility index (Phi) is 5.61. The fourth-order valence-corrected chi connectivity index (χ4v) is 4.09. The van der Waals surface area contributed by atoms with Gasteiger partial charge < -0.3 is 4.74 Å². The highest BCUT2D eigenvalue weighted by Crippen LogP contribution is 2.23. The number of ether oxygens (including phenoxy) is 1. The lowest BCUT2D eigenvalue weighted by atomic mass is 10.2. The van der Waals surface area contributed by atoms with Crippen molar-refractivity contribution in [2.24, 2.45) is 0 Å². The monoisotopic (exact) mass is 380 g/mol. The number of sulfonamides is 1. The zero-order valence-electron chi connectivity index (χ0n) is 14.0. The molecule has 0 amide bonds. The van der Waals surface area contributed by atoms with Crippen molar-refractivity contribution in [3.05, 3.63) is 52.7 Å². The molecule has 0 atom stereocenters. The van der Waals surface area contributed by atoms with Crippen molar-refractivity contribution >= 4 is 21.6 Å². The van der Waals surface area contributed by atoms with E-state index < -0.39 is 10.0 Å². The van der Waals surface area contributed by atoms with Crippen LogP contribution in [0.2, 0.25) is 5.02 Å². The van der Waals surface area contributed by atoms with Gasteiger partial charge in [-0.25, -0.2) is 18.1 Å². The van der Waals surface area contributed by atoms with E-state index in [1.807, 2.05) is 6.92 Å². The summed E-state index contributed by atoms with van der Waals surface area (Å²) in [5.74, 6) is 0.543. The molecule has 7 heteroatoms. The van der Waals surface area contributed by atoms with E-state index in [0.29, 0.717) is 10.9 Å². The number of benzene rings is 1. The number of nitrogens with zero attached hydrogens (tertiary/aromatic N) is 1. The summed E-state index contributed by atoms with van der Waals surface area (Å²) in [7, 11) is -3.63. The Morgan fingerprint density at radius 1 is 1.24 bits per heavy atom. The molecule has 0 unspecified atom stereocenters. The average Bonchev–Trinajstić information content (AvgIpc) is 3.09. The molecule has 1 fully saturated rings. The first-order valence-electron chi connectivity index (χ1n) is 8.31. The standard InChI is InChI=1S/C18H21ClN2O3S/c1-13-6-7-16(11-17(13)19)25(22,23)21-12-14-8-9-20-18(10-14)24-15-4-2-3-5-15/h6-11,15,21H,2-5,12H2,1H3. The van der Waals surface area contributed by atoms with Crippen molar-refractivity contribution in [2.75, 3.05) is 0 Å². The maximum absolute atomic E-state index is 12.4. The average molecular weight is 381 g/mol. The molecule has 0 aliphatic heterocycles. The molecule has 1 aliphatic rings. The Morgan fingerprint density at radius 2 is 2.00 bits per heavy atom. The quantitative estimate of drug-likeness (QED) is 0.826.